The molecule has 0 amide bonds. The second-order valence-electron chi connectivity index (χ2n) is 4.90. The molecule has 0 saturated heterocycles. The number of aromatic nitrogens is 2. The molecule has 0 spiro atoms. The van der Waals surface area contributed by atoms with E-state index in [1.54, 1.807) is 18.3 Å². The molecule has 3 aromatic rings. The number of carbonyl (C=O) groups is 2. The first-order valence-corrected chi connectivity index (χ1v) is 6.53. The highest BCUT2D eigenvalue weighted by Gasteiger charge is 2.22. The van der Waals surface area contributed by atoms with Crippen LogP contribution in [0.1, 0.15) is 26.4 Å². The van der Waals surface area contributed by atoms with Crippen molar-refractivity contribution >= 4 is 17.5 Å². The number of imidazole rings is 1. The van der Waals surface area contributed by atoms with Gasteiger partial charge in [0.25, 0.3) is 0 Å². The predicted octanol–water partition coefficient (Wildman–Crippen LogP) is 2.71. The molecule has 0 fully saturated rings. The Labute approximate surface area is 125 Å². The fraction of sp³-hybridized carbons (Fsp3) is 0.0625. The van der Waals surface area contributed by atoms with E-state index in [2.05, 4.69) is 4.98 Å². The van der Waals surface area contributed by atoms with E-state index in [9.17, 15) is 19.8 Å². The van der Waals surface area contributed by atoms with Crippen molar-refractivity contribution in [3.8, 4) is 11.4 Å². The number of aromatic carboxylic acids is 2. The van der Waals surface area contributed by atoms with Crippen molar-refractivity contribution in [1.29, 1.82) is 0 Å². The minimum absolute atomic E-state index is 0.0824. The quantitative estimate of drug-likeness (QED) is 0.775. The highest BCUT2D eigenvalue weighted by molar-refractivity contribution is 6.04. The van der Waals surface area contributed by atoms with E-state index < -0.39 is 11.9 Å². The van der Waals surface area contributed by atoms with E-state index in [0.717, 1.165) is 11.1 Å². The maximum atomic E-state index is 11.4. The second-order valence-corrected chi connectivity index (χ2v) is 4.90. The number of benzene rings is 1. The molecule has 22 heavy (non-hydrogen) atoms. The third-order valence-electron chi connectivity index (χ3n) is 3.37. The molecule has 0 aliphatic rings. The molecule has 1 aromatic carbocycles. The third kappa shape index (κ3) is 2.10. The van der Waals surface area contributed by atoms with Crippen LogP contribution in [-0.2, 0) is 0 Å². The molecule has 2 aromatic heterocycles. The van der Waals surface area contributed by atoms with Gasteiger partial charge in [0, 0.05) is 11.8 Å². The first kappa shape index (κ1) is 13.8. The molecule has 0 radical (unpaired) electrons. The molecular formula is C16H12N2O4. The Bertz CT molecular complexity index is 912. The van der Waals surface area contributed by atoms with Crippen molar-refractivity contribution in [2.45, 2.75) is 6.92 Å². The zero-order valence-corrected chi connectivity index (χ0v) is 11.6. The number of carboxylic acids is 2. The second kappa shape index (κ2) is 5.00. The van der Waals surface area contributed by atoms with E-state index in [1.807, 2.05) is 25.1 Å². The van der Waals surface area contributed by atoms with Gasteiger partial charge in [-0.15, -0.1) is 0 Å². The van der Waals surface area contributed by atoms with E-state index in [4.69, 9.17) is 0 Å². The molecule has 2 heterocycles. The molecule has 6 nitrogen and oxygen atoms in total. The number of carboxylic acid groups (broad SMARTS) is 2. The summed E-state index contributed by atoms with van der Waals surface area (Å²) in [7, 11) is 0. The summed E-state index contributed by atoms with van der Waals surface area (Å²) in [5, 5.41) is 18.6. The number of aryl methyl sites for hydroxylation is 1. The van der Waals surface area contributed by atoms with Crippen molar-refractivity contribution in [1.82, 2.24) is 9.38 Å². The van der Waals surface area contributed by atoms with Crippen LogP contribution in [-0.4, -0.2) is 31.5 Å². The number of fused-ring (bicyclic) bond motifs is 1. The summed E-state index contributed by atoms with van der Waals surface area (Å²) >= 11 is 0. The standard InChI is InChI=1S/C16H12N2O4/c1-9-4-2-5-10(8-9)14-17-12(16(21)22)13-11(15(19)20)6-3-7-18(13)14/h2-8H,1H3,(H,19,20)(H,21,22). The van der Waals surface area contributed by atoms with Gasteiger partial charge in [-0.3, -0.25) is 4.40 Å². The van der Waals surface area contributed by atoms with Gasteiger partial charge in [-0.05, 0) is 25.1 Å². The number of nitrogens with zero attached hydrogens (tertiary/aromatic N) is 2. The Hall–Kier alpha value is -3.15. The average molecular weight is 296 g/mol. The SMILES string of the molecule is Cc1cccc(-c2nc(C(=O)O)c3c(C(=O)O)cccn23)c1. The van der Waals surface area contributed by atoms with E-state index in [0.29, 0.717) is 5.82 Å². The lowest BCUT2D eigenvalue weighted by molar-refractivity contribution is 0.0691. The maximum Gasteiger partial charge on any atom is 0.356 e. The van der Waals surface area contributed by atoms with Gasteiger partial charge in [0.2, 0.25) is 0 Å². The van der Waals surface area contributed by atoms with Crippen LogP contribution in [0.5, 0.6) is 0 Å². The molecule has 3 rings (SSSR count). The molecule has 0 bridgehead atoms. The molecule has 110 valence electrons. The summed E-state index contributed by atoms with van der Waals surface area (Å²) in [5.41, 5.74) is 1.45. The topological polar surface area (TPSA) is 91.9 Å². The number of pyridine rings is 1. The largest absolute Gasteiger partial charge is 0.478 e. The zero-order chi connectivity index (χ0) is 15.9. The van der Waals surface area contributed by atoms with Crippen LogP contribution < -0.4 is 0 Å². The van der Waals surface area contributed by atoms with Gasteiger partial charge in [-0.2, -0.15) is 0 Å². The fourth-order valence-electron chi connectivity index (χ4n) is 2.45. The van der Waals surface area contributed by atoms with E-state index >= 15 is 0 Å². The smallest absolute Gasteiger partial charge is 0.356 e. The normalized spacial score (nSPS) is 10.8. The summed E-state index contributed by atoms with van der Waals surface area (Å²) in [5.74, 6) is -2.05. The molecular weight excluding hydrogens is 284 g/mol. The zero-order valence-electron chi connectivity index (χ0n) is 11.6. The summed E-state index contributed by atoms with van der Waals surface area (Å²) in [6, 6.07) is 10.4. The van der Waals surface area contributed by atoms with Gasteiger partial charge in [0.05, 0.1) is 11.1 Å². The monoisotopic (exact) mass is 296 g/mol. The minimum Gasteiger partial charge on any atom is -0.478 e. The van der Waals surface area contributed by atoms with Gasteiger partial charge in [-0.25, -0.2) is 14.6 Å². The van der Waals surface area contributed by atoms with Crippen LogP contribution in [0.15, 0.2) is 42.6 Å². The van der Waals surface area contributed by atoms with E-state index in [-0.39, 0.29) is 16.8 Å². The van der Waals surface area contributed by atoms with Crippen LogP contribution in [0.3, 0.4) is 0 Å². The van der Waals surface area contributed by atoms with Gasteiger partial charge in [-0.1, -0.05) is 23.8 Å². The van der Waals surface area contributed by atoms with Crippen molar-refractivity contribution < 1.29 is 19.8 Å². The Morgan fingerprint density at radius 1 is 1.09 bits per heavy atom. The van der Waals surface area contributed by atoms with Crippen LogP contribution >= 0.6 is 0 Å². The third-order valence-corrected chi connectivity index (χ3v) is 3.37. The fourth-order valence-corrected chi connectivity index (χ4v) is 2.45. The lowest BCUT2D eigenvalue weighted by Crippen LogP contribution is -2.04. The number of hydrogen-bond donors (Lipinski definition) is 2. The van der Waals surface area contributed by atoms with Crippen LogP contribution in [0.4, 0.5) is 0 Å². The first-order chi connectivity index (χ1) is 10.5. The van der Waals surface area contributed by atoms with Crippen molar-refractivity contribution in [3.63, 3.8) is 0 Å². The van der Waals surface area contributed by atoms with E-state index in [1.165, 1.54) is 10.5 Å². The Morgan fingerprint density at radius 2 is 1.86 bits per heavy atom. The molecule has 0 saturated carbocycles. The predicted molar refractivity (Wildman–Crippen MR) is 79.3 cm³/mol. The van der Waals surface area contributed by atoms with Crippen molar-refractivity contribution in [2.24, 2.45) is 0 Å². The van der Waals surface area contributed by atoms with Crippen LogP contribution in [0.25, 0.3) is 16.9 Å². The van der Waals surface area contributed by atoms with Crippen molar-refractivity contribution in [2.75, 3.05) is 0 Å². The Balaban J connectivity index is 2.41. The number of hydrogen-bond acceptors (Lipinski definition) is 3. The summed E-state index contributed by atoms with van der Waals surface area (Å²) in [6.07, 6.45) is 1.61. The van der Waals surface area contributed by atoms with Crippen molar-refractivity contribution in [3.05, 3.63) is 59.4 Å². The summed E-state index contributed by atoms with van der Waals surface area (Å²) in [6.45, 7) is 1.92. The average Bonchev–Trinajstić information content (AvgIpc) is 2.86. The van der Waals surface area contributed by atoms with Gasteiger partial charge in [0.1, 0.15) is 5.82 Å². The van der Waals surface area contributed by atoms with Crippen LogP contribution in [0, 0.1) is 6.92 Å². The first-order valence-electron chi connectivity index (χ1n) is 6.53. The van der Waals surface area contributed by atoms with Gasteiger partial charge >= 0.3 is 11.9 Å². The molecule has 0 aliphatic carbocycles. The van der Waals surface area contributed by atoms with Gasteiger partial charge < -0.3 is 10.2 Å². The summed E-state index contributed by atoms with van der Waals surface area (Å²) in [4.78, 5) is 26.9. The lowest BCUT2D eigenvalue weighted by atomic mass is 10.1. The summed E-state index contributed by atoms with van der Waals surface area (Å²) < 4.78 is 1.50. The molecule has 0 unspecified atom stereocenters. The molecule has 0 atom stereocenters. The Kier molecular flexibility index (Phi) is 3.14. The van der Waals surface area contributed by atoms with Gasteiger partial charge in [0.15, 0.2) is 5.69 Å². The lowest BCUT2D eigenvalue weighted by Gasteiger charge is -2.04. The number of rotatable bonds is 3. The molecule has 0 aliphatic heterocycles. The Morgan fingerprint density at radius 3 is 2.50 bits per heavy atom. The highest BCUT2D eigenvalue weighted by atomic mass is 16.4. The molecule has 6 heteroatoms. The minimum atomic E-state index is -1.26. The molecule has 2 N–H and O–H groups in total. The van der Waals surface area contributed by atoms with Crippen LogP contribution in [0.2, 0.25) is 0 Å². The highest BCUT2D eigenvalue weighted by Crippen LogP contribution is 2.26. The maximum absolute atomic E-state index is 11.4.